The molecule has 2 aliphatic rings. The average Bonchev–Trinajstić information content (AvgIpc) is 3.21. The molecule has 0 aromatic heterocycles. The number of anilines is 1. The van der Waals surface area contributed by atoms with Crippen molar-refractivity contribution in [2.45, 2.75) is 32.2 Å². The summed E-state index contributed by atoms with van der Waals surface area (Å²) >= 11 is 0. The molecule has 4 rings (SSSR count). The molecule has 4 nitrogen and oxygen atoms in total. The molecule has 2 saturated heterocycles. The quantitative estimate of drug-likeness (QED) is 0.795. The minimum absolute atomic E-state index is 0.0416. The Balaban J connectivity index is 1.47. The van der Waals surface area contributed by atoms with Crippen LogP contribution in [0.1, 0.15) is 32.3 Å². The lowest BCUT2D eigenvalue weighted by Crippen LogP contribution is -2.51. The van der Waals surface area contributed by atoms with E-state index in [1.54, 1.807) is 0 Å². The van der Waals surface area contributed by atoms with Gasteiger partial charge in [-0.2, -0.15) is 0 Å². The third kappa shape index (κ3) is 4.32. The maximum absolute atomic E-state index is 13.6. The molecule has 0 saturated carbocycles. The van der Waals surface area contributed by atoms with Gasteiger partial charge in [0.2, 0.25) is 5.91 Å². The van der Waals surface area contributed by atoms with Crippen LogP contribution in [0.4, 0.5) is 5.69 Å². The molecule has 2 atom stereocenters. The number of hydrogen-bond donors (Lipinski definition) is 0. The van der Waals surface area contributed by atoms with Gasteiger partial charge in [-0.05, 0) is 38.5 Å². The first-order valence-corrected chi connectivity index (χ1v) is 10.8. The number of carbonyl (C=O) groups excluding carboxylic acids is 1. The van der Waals surface area contributed by atoms with Crippen LogP contribution in [-0.4, -0.2) is 60.5 Å². The third-order valence-electron chi connectivity index (χ3n) is 6.53. The first-order chi connectivity index (χ1) is 13.9. The van der Waals surface area contributed by atoms with Crippen LogP contribution >= 0.6 is 0 Å². The monoisotopic (exact) mass is 391 g/mol. The summed E-state index contributed by atoms with van der Waals surface area (Å²) in [7, 11) is 0. The maximum Gasteiger partial charge on any atom is 0.227 e. The number of nitrogens with zero attached hydrogens (tertiary/aromatic N) is 3. The van der Waals surface area contributed by atoms with Crippen LogP contribution in [0.15, 0.2) is 60.7 Å². The van der Waals surface area contributed by atoms with E-state index in [0.29, 0.717) is 5.91 Å². The second-order valence-electron chi connectivity index (χ2n) is 9.35. The summed E-state index contributed by atoms with van der Waals surface area (Å²) in [5, 5.41) is 0. The highest BCUT2D eigenvalue weighted by Crippen LogP contribution is 2.37. The predicted octanol–water partition coefficient (Wildman–Crippen LogP) is 3.85. The van der Waals surface area contributed by atoms with Gasteiger partial charge < -0.3 is 9.80 Å². The number of amides is 1. The Morgan fingerprint density at radius 3 is 2.00 bits per heavy atom. The molecule has 2 aliphatic heterocycles. The van der Waals surface area contributed by atoms with E-state index >= 15 is 0 Å². The van der Waals surface area contributed by atoms with Gasteiger partial charge in [-0.25, -0.2) is 0 Å². The van der Waals surface area contributed by atoms with E-state index in [9.17, 15) is 4.79 Å². The molecule has 2 aromatic carbocycles. The number of para-hydroxylation sites is 1. The molecular weight excluding hydrogens is 358 g/mol. The topological polar surface area (TPSA) is 26.8 Å². The molecule has 29 heavy (non-hydrogen) atoms. The van der Waals surface area contributed by atoms with E-state index in [1.807, 2.05) is 6.07 Å². The van der Waals surface area contributed by atoms with Crippen molar-refractivity contribution in [3.05, 3.63) is 66.2 Å². The zero-order valence-electron chi connectivity index (χ0n) is 17.9. The summed E-state index contributed by atoms with van der Waals surface area (Å²) < 4.78 is 0. The summed E-state index contributed by atoms with van der Waals surface area (Å²) in [6.07, 6.45) is 0. The van der Waals surface area contributed by atoms with E-state index in [2.05, 4.69) is 90.1 Å². The lowest BCUT2D eigenvalue weighted by Gasteiger charge is -2.38. The van der Waals surface area contributed by atoms with Gasteiger partial charge in [0.15, 0.2) is 0 Å². The van der Waals surface area contributed by atoms with Gasteiger partial charge in [0.25, 0.3) is 0 Å². The molecule has 0 aliphatic carbocycles. The Hall–Kier alpha value is -2.33. The molecule has 2 aromatic rings. The molecule has 2 heterocycles. The highest BCUT2D eigenvalue weighted by atomic mass is 16.2. The molecular formula is C25H33N3O. The van der Waals surface area contributed by atoms with Gasteiger partial charge in [0.1, 0.15) is 0 Å². The van der Waals surface area contributed by atoms with Crippen LogP contribution in [0.2, 0.25) is 0 Å². The first kappa shape index (κ1) is 20.0. The van der Waals surface area contributed by atoms with Gasteiger partial charge in [-0.15, -0.1) is 0 Å². The largest absolute Gasteiger partial charge is 0.368 e. The Morgan fingerprint density at radius 1 is 0.828 bits per heavy atom. The van der Waals surface area contributed by atoms with Gasteiger partial charge in [-0.3, -0.25) is 9.69 Å². The standard InChI is InChI=1S/C25H33N3O/c1-25(2,3)28-18-22(20-10-6-4-7-11-20)23(19-28)24(29)27-16-14-26(15-17-27)21-12-8-5-9-13-21/h4-13,22-23H,14-19H2,1-3H3. The predicted molar refractivity (Wildman–Crippen MR) is 119 cm³/mol. The fourth-order valence-electron chi connectivity index (χ4n) is 4.70. The second-order valence-corrected chi connectivity index (χ2v) is 9.35. The van der Waals surface area contributed by atoms with Crippen molar-refractivity contribution >= 4 is 11.6 Å². The van der Waals surface area contributed by atoms with E-state index in [1.165, 1.54) is 11.3 Å². The molecule has 0 N–H and O–H groups in total. The molecule has 154 valence electrons. The highest BCUT2D eigenvalue weighted by molar-refractivity contribution is 5.81. The number of hydrogen-bond acceptors (Lipinski definition) is 3. The second kappa shape index (κ2) is 8.19. The Kier molecular flexibility index (Phi) is 5.64. The molecule has 1 amide bonds. The lowest BCUT2D eigenvalue weighted by atomic mass is 9.88. The van der Waals surface area contributed by atoms with Crippen molar-refractivity contribution in [2.24, 2.45) is 5.92 Å². The zero-order chi connectivity index (χ0) is 20.4. The van der Waals surface area contributed by atoms with Crippen LogP contribution < -0.4 is 4.90 Å². The van der Waals surface area contributed by atoms with Crippen LogP contribution in [0, 0.1) is 5.92 Å². The average molecular weight is 392 g/mol. The summed E-state index contributed by atoms with van der Waals surface area (Å²) in [6, 6.07) is 21.1. The molecule has 2 unspecified atom stereocenters. The van der Waals surface area contributed by atoms with Gasteiger partial charge in [0.05, 0.1) is 5.92 Å². The van der Waals surface area contributed by atoms with Gasteiger partial charge >= 0.3 is 0 Å². The van der Waals surface area contributed by atoms with Gasteiger partial charge in [0, 0.05) is 56.4 Å². The minimum atomic E-state index is 0.0416. The highest BCUT2D eigenvalue weighted by Gasteiger charge is 2.43. The Morgan fingerprint density at radius 2 is 1.41 bits per heavy atom. The number of piperazine rings is 1. The molecule has 0 bridgehead atoms. The SMILES string of the molecule is CC(C)(C)N1CC(C(=O)N2CCN(c3ccccc3)CC2)C(c2ccccc2)C1. The van der Waals surface area contributed by atoms with Gasteiger partial charge in [-0.1, -0.05) is 48.5 Å². The van der Waals surface area contributed by atoms with E-state index in [-0.39, 0.29) is 17.4 Å². The molecule has 0 spiro atoms. The van der Waals surface area contributed by atoms with Crippen molar-refractivity contribution in [3.8, 4) is 0 Å². The number of benzene rings is 2. The maximum atomic E-state index is 13.6. The van der Waals surface area contributed by atoms with Crippen molar-refractivity contribution in [1.82, 2.24) is 9.80 Å². The minimum Gasteiger partial charge on any atom is -0.368 e. The Bertz CT molecular complexity index is 807. The molecule has 2 fully saturated rings. The molecule has 0 radical (unpaired) electrons. The van der Waals surface area contributed by atoms with Crippen molar-refractivity contribution < 1.29 is 4.79 Å². The first-order valence-electron chi connectivity index (χ1n) is 10.8. The van der Waals surface area contributed by atoms with Crippen LogP contribution in [-0.2, 0) is 4.79 Å². The normalized spacial score (nSPS) is 23.4. The van der Waals surface area contributed by atoms with E-state index in [4.69, 9.17) is 0 Å². The van der Waals surface area contributed by atoms with Crippen molar-refractivity contribution in [1.29, 1.82) is 0 Å². The zero-order valence-corrected chi connectivity index (χ0v) is 17.9. The summed E-state index contributed by atoms with van der Waals surface area (Å²) in [5.41, 5.74) is 2.62. The number of rotatable bonds is 3. The van der Waals surface area contributed by atoms with Crippen LogP contribution in [0.3, 0.4) is 0 Å². The fraction of sp³-hybridized carbons (Fsp3) is 0.480. The smallest absolute Gasteiger partial charge is 0.227 e. The lowest BCUT2D eigenvalue weighted by molar-refractivity contribution is -0.136. The fourth-order valence-corrected chi connectivity index (χ4v) is 4.70. The molecule has 4 heteroatoms. The summed E-state index contributed by atoms with van der Waals surface area (Å²) in [4.78, 5) is 20.5. The van der Waals surface area contributed by atoms with Crippen molar-refractivity contribution in [3.63, 3.8) is 0 Å². The van der Waals surface area contributed by atoms with Crippen LogP contribution in [0.5, 0.6) is 0 Å². The number of likely N-dealkylation sites (tertiary alicyclic amines) is 1. The van der Waals surface area contributed by atoms with Crippen LogP contribution in [0.25, 0.3) is 0 Å². The summed E-state index contributed by atoms with van der Waals surface area (Å²) in [5.74, 6) is 0.647. The summed E-state index contributed by atoms with van der Waals surface area (Å²) in [6.45, 7) is 12.0. The number of carbonyl (C=O) groups is 1. The Labute approximate surface area is 175 Å². The third-order valence-corrected chi connectivity index (χ3v) is 6.53. The van der Waals surface area contributed by atoms with E-state index < -0.39 is 0 Å². The van der Waals surface area contributed by atoms with E-state index in [0.717, 1.165) is 39.3 Å². The van der Waals surface area contributed by atoms with Crippen molar-refractivity contribution in [2.75, 3.05) is 44.2 Å².